The second kappa shape index (κ2) is 4.78. The molecule has 0 bridgehead atoms. The van der Waals surface area contributed by atoms with Gasteiger partial charge in [0.15, 0.2) is 0 Å². The van der Waals surface area contributed by atoms with Crippen LogP contribution in [0.2, 0.25) is 0 Å². The molecule has 0 aromatic heterocycles. The summed E-state index contributed by atoms with van der Waals surface area (Å²) < 4.78 is 0. The molecule has 0 aliphatic heterocycles. The third-order valence-electron chi connectivity index (χ3n) is 3.80. The summed E-state index contributed by atoms with van der Waals surface area (Å²) in [5.74, 6) is -0.331. The van der Waals surface area contributed by atoms with Gasteiger partial charge in [-0.15, -0.1) is 0 Å². The summed E-state index contributed by atoms with van der Waals surface area (Å²) in [7, 11) is 0. The minimum Gasteiger partial charge on any atom is -0.481 e. The molecule has 2 rings (SSSR count). The van der Waals surface area contributed by atoms with E-state index in [2.05, 4.69) is 6.92 Å². The highest BCUT2D eigenvalue weighted by molar-refractivity contribution is 5.79. The fourth-order valence-corrected chi connectivity index (χ4v) is 2.94. The molecular formula is C14H19NO2. The van der Waals surface area contributed by atoms with E-state index in [0.29, 0.717) is 11.6 Å². The summed E-state index contributed by atoms with van der Waals surface area (Å²) >= 11 is 0. The molecule has 1 saturated carbocycles. The number of carbonyl (C=O) groups is 1. The van der Waals surface area contributed by atoms with Crippen LogP contribution >= 0.6 is 0 Å². The quantitative estimate of drug-likeness (QED) is 0.789. The Morgan fingerprint density at radius 2 is 2.12 bits per heavy atom. The lowest BCUT2D eigenvalue weighted by atomic mass is 9.83. The molecule has 17 heavy (non-hydrogen) atoms. The Hall–Kier alpha value is -1.51. The number of nitrogen functional groups attached to an aromatic ring is 1. The van der Waals surface area contributed by atoms with Gasteiger partial charge in [-0.3, -0.25) is 4.79 Å². The SMILES string of the molecule is CC1CCC(C(C(=O)O)c2ccccc2N)C1. The molecule has 3 atom stereocenters. The third kappa shape index (κ3) is 2.43. The van der Waals surface area contributed by atoms with Crippen molar-refractivity contribution in [3.05, 3.63) is 29.8 Å². The molecule has 0 heterocycles. The highest BCUT2D eigenvalue weighted by atomic mass is 16.4. The van der Waals surface area contributed by atoms with E-state index < -0.39 is 11.9 Å². The zero-order valence-electron chi connectivity index (χ0n) is 10.1. The van der Waals surface area contributed by atoms with Gasteiger partial charge in [-0.1, -0.05) is 31.5 Å². The average Bonchev–Trinajstić information content (AvgIpc) is 2.68. The Balaban J connectivity index is 2.30. The van der Waals surface area contributed by atoms with Crippen molar-refractivity contribution in [1.29, 1.82) is 0 Å². The number of nitrogens with two attached hydrogens (primary N) is 1. The predicted molar refractivity (Wildman–Crippen MR) is 67.7 cm³/mol. The smallest absolute Gasteiger partial charge is 0.311 e. The van der Waals surface area contributed by atoms with Crippen LogP contribution in [0.4, 0.5) is 5.69 Å². The topological polar surface area (TPSA) is 63.3 Å². The normalized spacial score (nSPS) is 25.7. The molecule has 0 amide bonds. The molecule has 92 valence electrons. The number of anilines is 1. The molecular weight excluding hydrogens is 214 g/mol. The van der Waals surface area contributed by atoms with Gasteiger partial charge in [-0.2, -0.15) is 0 Å². The van der Waals surface area contributed by atoms with E-state index in [4.69, 9.17) is 5.73 Å². The Bertz CT molecular complexity index is 416. The number of para-hydroxylation sites is 1. The number of rotatable bonds is 3. The van der Waals surface area contributed by atoms with Gasteiger partial charge in [0.1, 0.15) is 0 Å². The van der Waals surface area contributed by atoms with Crippen LogP contribution in [-0.4, -0.2) is 11.1 Å². The van der Waals surface area contributed by atoms with Crippen molar-refractivity contribution in [2.24, 2.45) is 11.8 Å². The van der Waals surface area contributed by atoms with Crippen LogP contribution in [0, 0.1) is 11.8 Å². The molecule has 3 N–H and O–H groups in total. The largest absolute Gasteiger partial charge is 0.481 e. The van der Waals surface area contributed by atoms with Gasteiger partial charge < -0.3 is 10.8 Å². The lowest BCUT2D eigenvalue weighted by Crippen LogP contribution is -2.21. The molecule has 0 radical (unpaired) electrons. The Labute approximate surface area is 102 Å². The monoisotopic (exact) mass is 233 g/mol. The van der Waals surface area contributed by atoms with E-state index in [1.807, 2.05) is 18.2 Å². The van der Waals surface area contributed by atoms with Crippen LogP contribution in [0.15, 0.2) is 24.3 Å². The molecule has 0 saturated heterocycles. The number of hydrogen-bond donors (Lipinski definition) is 2. The fraction of sp³-hybridized carbons (Fsp3) is 0.500. The number of carboxylic acids is 1. The molecule has 1 aromatic carbocycles. The van der Waals surface area contributed by atoms with Crippen LogP contribution in [0.3, 0.4) is 0 Å². The Morgan fingerprint density at radius 1 is 1.41 bits per heavy atom. The molecule has 0 spiro atoms. The summed E-state index contributed by atoms with van der Waals surface area (Å²) in [6.45, 7) is 2.19. The van der Waals surface area contributed by atoms with E-state index >= 15 is 0 Å². The molecule has 1 aliphatic carbocycles. The molecule has 3 nitrogen and oxygen atoms in total. The maximum Gasteiger partial charge on any atom is 0.311 e. The highest BCUT2D eigenvalue weighted by Gasteiger charge is 2.35. The average molecular weight is 233 g/mol. The van der Waals surface area contributed by atoms with E-state index in [-0.39, 0.29) is 5.92 Å². The third-order valence-corrected chi connectivity index (χ3v) is 3.80. The van der Waals surface area contributed by atoms with Crippen LogP contribution in [-0.2, 0) is 4.79 Å². The van der Waals surface area contributed by atoms with Crippen molar-refractivity contribution in [3.8, 4) is 0 Å². The van der Waals surface area contributed by atoms with E-state index in [9.17, 15) is 9.90 Å². The minimum absolute atomic E-state index is 0.229. The van der Waals surface area contributed by atoms with Crippen LogP contribution in [0.1, 0.15) is 37.7 Å². The van der Waals surface area contributed by atoms with Crippen molar-refractivity contribution >= 4 is 11.7 Å². The van der Waals surface area contributed by atoms with E-state index in [1.54, 1.807) is 6.07 Å². The van der Waals surface area contributed by atoms with E-state index in [0.717, 1.165) is 24.8 Å². The lowest BCUT2D eigenvalue weighted by Gasteiger charge is -2.21. The summed E-state index contributed by atoms with van der Waals surface area (Å²) in [4.78, 5) is 11.5. The van der Waals surface area contributed by atoms with Crippen molar-refractivity contribution in [2.75, 3.05) is 5.73 Å². The van der Waals surface area contributed by atoms with Crippen LogP contribution in [0.25, 0.3) is 0 Å². The minimum atomic E-state index is -0.748. The molecule has 1 aliphatic rings. The van der Waals surface area contributed by atoms with Gasteiger partial charge in [0.05, 0.1) is 5.92 Å². The van der Waals surface area contributed by atoms with Gasteiger partial charge >= 0.3 is 5.97 Å². The standard InChI is InChI=1S/C14H19NO2/c1-9-6-7-10(8-9)13(14(16)17)11-4-2-3-5-12(11)15/h2-5,9-10,13H,6-8,15H2,1H3,(H,16,17). The second-order valence-corrected chi connectivity index (χ2v) is 5.12. The van der Waals surface area contributed by atoms with Crippen molar-refractivity contribution in [3.63, 3.8) is 0 Å². The first-order chi connectivity index (χ1) is 8.09. The van der Waals surface area contributed by atoms with Crippen LogP contribution in [0.5, 0.6) is 0 Å². The first-order valence-electron chi connectivity index (χ1n) is 6.16. The Morgan fingerprint density at radius 3 is 2.65 bits per heavy atom. The van der Waals surface area contributed by atoms with Gasteiger partial charge in [0, 0.05) is 5.69 Å². The lowest BCUT2D eigenvalue weighted by molar-refractivity contribution is -0.140. The first kappa shape index (κ1) is 12.0. The molecule has 3 heteroatoms. The molecule has 1 aromatic rings. The summed E-state index contributed by atoms with van der Waals surface area (Å²) in [5, 5.41) is 9.44. The number of aliphatic carboxylic acids is 1. The number of hydrogen-bond acceptors (Lipinski definition) is 2. The predicted octanol–water partition coefficient (Wildman–Crippen LogP) is 2.87. The Kier molecular flexibility index (Phi) is 3.36. The summed E-state index contributed by atoms with van der Waals surface area (Å²) in [5.41, 5.74) is 7.27. The van der Waals surface area contributed by atoms with Gasteiger partial charge in [0.2, 0.25) is 0 Å². The summed E-state index contributed by atoms with van der Waals surface area (Å²) in [6, 6.07) is 7.33. The zero-order chi connectivity index (χ0) is 12.4. The fourth-order valence-electron chi connectivity index (χ4n) is 2.94. The van der Waals surface area contributed by atoms with Gasteiger partial charge in [-0.05, 0) is 36.3 Å². The molecule has 3 unspecified atom stereocenters. The maximum absolute atomic E-state index is 11.5. The van der Waals surface area contributed by atoms with Crippen molar-refractivity contribution in [2.45, 2.75) is 32.1 Å². The van der Waals surface area contributed by atoms with Crippen LogP contribution < -0.4 is 5.73 Å². The van der Waals surface area contributed by atoms with Gasteiger partial charge in [-0.25, -0.2) is 0 Å². The second-order valence-electron chi connectivity index (χ2n) is 5.12. The first-order valence-corrected chi connectivity index (χ1v) is 6.16. The maximum atomic E-state index is 11.5. The van der Waals surface area contributed by atoms with E-state index in [1.165, 1.54) is 0 Å². The van der Waals surface area contributed by atoms with Crippen molar-refractivity contribution in [1.82, 2.24) is 0 Å². The van der Waals surface area contributed by atoms with Gasteiger partial charge in [0.25, 0.3) is 0 Å². The molecule has 1 fully saturated rings. The highest BCUT2D eigenvalue weighted by Crippen LogP contribution is 2.41. The van der Waals surface area contributed by atoms with Crippen molar-refractivity contribution < 1.29 is 9.90 Å². The zero-order valence-corrected chi connectivity index (χ0v) is 10.1. The summed E-state index contributed by atoms with van der Waals surface area (Å²) in [6.07, 6.45) is 3.11. The number of carboxylic acid groups (broad SMARTS) is 1. The number of benzene rings is 1.